The molecule has 2 aromatic carbocycles. The van der Waals surface area contributed by atoms with Crippen molar-refractivity contribution in [2.45, 2.75) is 31.2 Å². The molecule has 1 heterocycles. The third-order valence-corrected chi connectivity index (χ3v) is 4.91. The minimum absolute atomic E-state index is 0.0438. The number of rotatable bonds is 10. The lowest BCUT2D eigenvalue weighted by Crippen LogP contribution is -2.31. The van der Waals surface area contributed by atoms with Crippen LogP contribution in [0.4, 0.5) is 0 Å². The molecule has 0 fully saturated rings. The first kappa shape index (κ1) is 26.1. The second-order valence-electron chi connectivity index (χ2n) is 7.34. The van der Waals surface area contributed by atoms with Crippen molar-refractivity contribution in [2.24, 2.45) is 0 Å². The molecule has 1 unspecified atom stereocenters. The van der Waals surface area contributed by atoms with Crippen molar-refractivity contribution in [1.29, 1.82) is 0 Å². The van der Waals surface area contributed by atoms with Crippen LogP contribution in [0.2, 0.25) is 0 Å². The van der Waals surface area contributed by atoms with Gasteiger partial charge in [-0.3, -0.25) is 0 Å². The molecule has 0 aliphatic carbocycles. The zero-order valence-corrected chi connectivity index (χ0v) is 18.4. The smallest absolute Gasteiger partial charge is 0.377 e. The van der Waals surface area contributed by atoms with E-state index >= 15 is 0 Å². The van der Waals surface area contributed by atoms with E-state index in [1.54, 1.807) is 0 Å². The highest BCUT2D eigenvalue weighted by atomic mass is 16.6. The van der Waals surface area contributed by atoms with Crippen LogP contribution in [0.1, 0.15) is 23.7 Å². The summed E-state index contributed by atoms with van der Waals surface area (Å²) in [5, 5.41) is 47.2. The van der Waals surface area contributed by atoms with Crippen molar-refractivity contribution in [1.82, 2.24) is 5.32 Å². The predicted molar refractivity (Wildman–Crippen MR) is 121 cm³/mol. The zero-order chi connectivity index (χ0) is 24.2. The molecule has 0 bridgehead atoms. The Balaban J connectivity index is 0.000000273. The molecule has 0 saturated heterocycles. The first-order valence-corrected chi connectivity index (χ1v) is 10.6. The van der Waals surface area contributed by atoms with Gasteiger partial charge in [0.25, 0.3) is 0 Å². The van der Waals surface area contributed by atoms with Crippen molar-refractivity contribution in [3.63, 3.8) is 0 Å². The van der Waals surface area contributed by atoms with Crippen LogP contribution in [0.5, 0.6) is 5.75 Å². The SMILES string of the molecule is CNCCC(Oc1ccc(CCO)cc1)c1ccccc1.O=C1O[C@H]([C@@H](O)CO)C(O)=C1O. The van der Waals surface area contributed by atoms with Crippen LogP contribution in [-0.2, 0) is 16.0 Å². The lowest BCUT2D eigenvalue weighted by Gasteiger charge is -2.20. The molecule has 0 saturated carbocycles. The first-order chi connectivity index (χ1) is 15.9. The number of esters is 1. The monoisotopic (exact) mass is 461 g/mol. The largest absolute Gasteiger partial charge is 0.505 e. The maximum atomic E-state index is 10.5. The van der Waals surface area contributed by atoms with E-state index < -0.39 is 36.3 Å². The van der Waals surface area contributed by atoms with Crippen LogP contribution in [0.25, 0.3) is 0 Å². The summed E-state index contributed by atoms with van der Waals surface area (Å²) in [6.45, 7) is 0.409. The molecule has 3 rings (SSSR count). The van der Waals surface area contributed by atoms with Crippen molar-refractivity contribution >= 4 is 5.97 Å². The molecule has 9 nitrogen and oxygen atoms in total. The van der Waals surface area contributed by atoms with Crippen LogP contribution in [0.3, 0.4) is 0 Å². The van der Waals surface area contributed by atoms with Gasteiger partial charge in [-0.05, 0) is 43.3 Å². The number of hydrogen-bond donors (Lipinski definition) is 6. The second-order valence-corrected chi connectivity index (χ2v) is 7.34. The average Bonchev–Trinajstić information content (AvgIpc) is 3.10. The van der Waals surface area contributed by atoms with Gasteiger partial charge in [0.15, 0.2) is 11.9 Å². The maximum Gasteiger partial charge on any atom is 0.377 e. The highest BCUT2D eigenvalue weighted by molar-refractivity contribution is 5.89. The molecule has 0 spiro atoms. The highest BCUT2D eigenvalue weighted by Crippen LogP contribution is 2.25. The molecule has 180 valence electrons. The number of hydrogen-bond acceptors (Lipinski definition) is 9. The number of carbonyl (C=O) groups excluding carboxylic acids is 1. The Morgan fingerprint density at radius 1 is 1.06 bits per heavy atom. The van der Waals surface area contributed by atoms with Crippen LogP contribution < -0.4 is 10.1 Å². The van der Waals surface area contributed by atoms with Gasteiger partial charge in [0, 0.05) is 13.0 Å². The van der Waals surface area contributed by atoms with Crippen LogP contribution in [-0.4, -0.2) is 70.5 Å². The molecule has 33 heavy (non-hydrogen) atoms. The molecule has 0 amide bonds. The lowest BCUT2D eigenvalue weighted by atomic mass is 10.1. The van der Waals surface area contributed by atoms with Gasteiger partial charge in [0.1, 0.15) is 18.0 Å². The van der Waals surface area contributed by atoms with Gasteiger partial charge in [-0.2, -0.15) is 0 Å². The van der Waals surface area contributed by atoms with E-state index in [1.165, 1.54) is 5.56 Å². The van der Waals surface area contributed by atoms with Gasteiger partial charge in [0.2, 0.25) is 5.76 Å². The van der Waals surface area contributed by atoms with E-state index in [2.05, 4.69) is 22.2 Å². The summed E-state index contributed by atoms with van der Waals surface area (Å²) in [6, 6.07) is 18.2. The maximum absolute atomic E-state index is 10.5. The normalized spacial score (nSPS) is 17.1. The minimum atomic E-state index is -1.42. The summed E-state index contributed by atoms with van der Waals surface area (Å²) in [6.07, 6.45) is -1.13. The number of nitrogens with one attached hydrogen (secondary N) is 1. The molecule has 2 aromatic rings. The van der Waals surface area contributed by atoms with E-state index in [4.69, 9.17) is 30.3 Å². The number of ether oxygens (including phenoxy) is 2. The standard InChI is InChI=1S/C18H23NO2.C6H8O6/c1-19-13-11-18(16-5-3-2-4-6-16)21-17-9-7-15(8-10-17)12-14-20;7-1-2(8)5-3(9)4(10)6(11)12-5/h2-10,18-20H,11-14H2,1H3;2,5,7-10H,1H2/t;2-,5+/m.0/s1. The van der Waals surface area contributed by atoms with E-state index in [9.17, 15) is 4.79 Å². The molecule has 1 aliphatic rings. The summed E-state index contributed by atoms with van der Waals surface area (Å²) in [5.74, 6) is -1.92. The second kappa shape index (κ2) is 13.4. The topological polar surface area (TPSA) is 149 Å². The van der Waals surface area contributed by atoms with Crippen LogP contribution in [0.15, 0.2) is 66.1 Å². The van der Waals surface area contributed by atoms with Gasteiger partial charge in [-0.25, -0.2) is 4.79 Å². The number of aliphatic hydroxyl groups is 5. The fourth-order valence-electron chi connectivity index (χ4n) is 3.09. The number of cyclic esters (lactones) is 1. The molecule has 1 aliphatic heterocycles. The molecule has 9 heteroatoms. The highest BCUT2D eigenvalue weighted by Gasteiger charge is 2.38. The van der Waals surface area contributed by atoms with E-state index in [-0.39, 0.29) is 12.7 Å². The molecule has 6 N–H and O–H groups in total. The predicted octanol–water partition coefficient (Wildman–Crippen LogP) is 1.54. The van der Waals surface area contributed by atoms with Crippen molar-refractivity contribution in [3.05, 3.63) is 77.2 Å². The fourth-order valence-corrected chi connectivity index (χ4v) is 3.09. The third-order valence-electron chi connectivity index (χ3n) is 4.91. The number of carbonyl (C=O) groups is 1. The van der Waals surface area contributed by atoms with Crippen LogP contribution in [0, 0.1) is 0 Å². The van der Waals surface area contributed by atoms with Gasteiger partial charge >= 0.3 is 5.97 Å². The summed E-state index contributed by atoms with van der Waals surface area (Å²) in [5.41, 5.74) is 2.31. The summed E-state index contributed by atoms with van der Waals surface area (Å²) in [7, 11) is 1.95. The van der Waals surface area contributed by atoms with Crippen molar-refractivity contribution < 1.29 is 39.8 Å². The van der Waals surface area contributed by atoms with E-state index in [0.29, 0.717) is 6.42 Å². The Morgan fingerprint density at radius 3 is 2.24 bits per heavy atom. The molecular weight excluding hydrogens is 430 g/mol. The van der Waals surface area contributed by atoms with Gasteiger partial charge in [-0.15, -0.1) is 0 Å². The average molecular weight is 462 g/mol. The van der Waals surface area contributed by atoms with E-state index in [1.807, 2.05) is 49.5 Å². The summed E-state index contributed by atoms with van der Waals surface area (Å²) in [4.78, 5) is 10.5. The van der Waals surface area contributed by atoms with Crippen molar-refractivity contribution in [2.75, 3.05) is 26.8 Å². The minimum Gasteiger partial charge on any atom is -0.505 e. The molecule has 0 radical (unpaired) electrons. The Morgan fingerprint density at radius 2 is 1.73 bits per heavy atom. The number of benzene rings is 2. The molecule has 0 aromatic heterocycles. The summed E-state index contributed by atoms with van der Waals surface area (Å²) >= 11 is 0. The van der Waals surface area contributed by atoms with Gasteiger partial charge < -0.3 is 40.3 Å². The first-order valence-electron chi connectivity index (χ1n) is 10.6. The zero-order valence-electron chi connectivity index (χ0n) is 18.4. The lowest BCUT2D eigenvalue weighted by molar-refractivity contribution is -0.147. The Kier molecular flexibility index (Phi) is 10.6. The Bertz CT molecular complexity index is 885. The third kappa shape index (κ3) is 7.76. The van der Waals surface area contributed by atoms with Crippen molar-refractivity contribution in [3.8, 4) is 5.75 Å². The Hall–Kier alpha value is -3.11. The summed E-state index contributed by atoms with van der Waals surface area (Å²) < 4.78 is 10.4. The quantitative estimate of drug-likeness (QED) is 0.290. The van der Waals surface area contributed by atoms with Gasteiger partial charge in [0.05, 0.1) is 6.61 Å². The van der Waals surface area contributed by atoms with Gasteiger partial charge in [-0.1, -0.05) is 42.5 Å². The molecular formula is C24H31NO8. The fraction of sp³-hybridized carbons (Fsp3) is 0.375. The Labute approximate surface area is 192 Å². The molecule has 3 atom stereocenters. The van der Waals surface area contributed by atoms with E-state index in [0.717, 1.165) is 24.3 Å². The number of aliphatic hydroxyl groups excluding tert-OH is 5. The van der Waals surface area contributed by atoms with Crippen LogP contribution >= 0.6 is 0 Å².